The molecule has 11 heavy (non-hydrogen) atoms. The third-order valence-electron chi connectivity index (χ3n) is 1.30. The lowest BCUT2D eigenvalue weighted by Crippen LogP contribution is -2.09. The van der Waals surface area contributed by atoms with Gasteiger partial charge in [0.2, 0.25) is 5.78 Å². The van der Waals surface area contributed by atoms with Crippen molar-refractivity contribution < 1.29 is 14.6 Å². The van der Waals surface area contributed by atoms with Gasteiger partial charge in [0, 0.05) is 6.42 Å². The highest BCUT2D eigenvalue weighted by atomic mass is 16.5. The van der Waals surface area contributed by atoms with E-state index in [0.29, 0.717) is 12.2 Å². The first-order chi connectivity index (χ1) is 5.34. The minimum absolute atomic E-state index is 0.0547. The summed E-state index contributed by atoms with van der Waals surface area (Å²) < 4.78 is 4.89. The van der Waals surface area contributed by atoms with E-state index in [1.54, 1.807) is 18.2 Å². The van der Waals surface area contributed by atoms with Crippen LogP contribution in [0.4, 0.5) is 0 Å². The fraction of sp³-hybridized carbons (Fsp3) is 0.375. The van der Waals surface area contributed by atoms with Gasteiger partial charge in [0.05, 0.1) is 0 Å². The number of carbonyl (C=O) groups is 1. The zero-order valence-electron chi connectivity index (χ0n) is 6.08. The Labute approximate surface area is 65.0 Å². The maximum absolute atomic E-state index is 11.0. The van der Waals surface area contributed by atoms with Crippen LogP contribution in [0.25, 0.3) is 0 Å². The zero-order valence-corrected chi connectivity index (χ0v) is 6.08. The molecule has 59 valence electrons. The van der Waals surface area contributed by atoms with E-state index in [2.05, 4.69) is 0 Å². The number of ketones is 1. The first-order valence-electron chi connectivity index (χ1n) is 3.45. The number of ether oxygens (including phenoxy) is 1. The summed E-state index contributed by atoms with van der Waals surface area (Å²) >= 11 is 0. The maximum atomic E-state index is 11.0. The molecule has 0 amide bonds. The van der Waals surface area contributed by atoms with Gasteiger partial charge in [-0.1, -0.05) is 12.2 Å². The lowest BCUT2D eigenvalue weighted by Gasteiger charge is -2.07. The summed E-state index contributed by atoms with van der Waals surface area (Å²) in [5, 5.41) is 10.00. The molecule has 0 saturated carbocycles. The highest BCUT2D eigenvalue weighted by Crippen LogP contribution is 2.08. The first-order valence-corrected chi connectivity index (χ1v) is 3.45. The average molecular weight is 153 g/mol. The van der Waals surface area contributed by atoms with E-state index in [0.717, 1.165) is 0 Å². The highest BCUT2D eigenvalue weighted by Gasteiger charge is 2.10. The summed E-state index contributed by atoms with van der Waals surface area (Å²) in [6.45, 7) is -0.236. The van der Waals surface area contributed by atoms with Gasteiger partial charge in [0.1, 0.15) is 13.2 Å². The summed E-state index contributed by atoms with van der Waals surface area (Å²) in [4.78, 5) is 11.0. The normalized spacial score (nSPS) is 16.5. The topological polar surface area (TPSA) is 46.2 Å². The average Bonchev–Trinajstić information content (AvgIpc) is 2.03. The molecular weight excluding hydrogens is 144 g/mol. The summed E-state index contributed by atoms with van der Waals surface area (Å²) in [5.74, 6) is 0.254. The van der Waals surface area contributed by atoms with Crippen LogP contribution in [0.1, 0.15) is 6.42 Å². The van der Waals surface area contributed by atoms with Crippen LogP contribution in [-0.2, 0) is 14.6 Å². The molecule has 3 nitrogen and oxygen atoms in total. The van der Waals surface area contributed by atoms with Gasteiger partial charge >= 0.3 is 0 Å². The summed E-state index contributed by atoms with van der Waals surface area (Å²) in [6, 6.07) is 0. The molecule has 0 aromatic rings. The monoisotopic (exact) mass is 153 g/mol. The largest absolute Gasteiger partial charge is 0.487 e. The van der Waals surface area contributed by atoms with E-state index >= 15 is 0 Å². The molecule has 1 aliphatic rings. The van der Waals surface area contributed by atoms with E-state index in [1.807, 2.05) is 0 Å². The number of rotatable bonds is 3. The second-order valence-electron chi connectivity index (χ2n) is 2.14. The third kappa shape index (κ3) is 2.20. The van der Waals surface area contributed by atoms with Crippen molar-refractivity contribution in [2.24, 2.45) is 0 Å². The van der Waals surface area contributed by atoms with E-state index in [9.17, 15) is 9.90 Å². The van der Waals surface area contributed by atoms with Gasteiger partial charge in [-0.15, -0.1) is 0 Å². The first kappa shape index (κ1) is 8.01. The van der Waals surface area contributed by atoms with Gasteiger partial charge in [-0.3, -0.25) is 4.79 Å². The Morgan fingerprint density at radius 3 is 3.00 bits per heavy atom. The van der Waals surface area contributed by atoms with Crippen molar-refractivity contribution >= 4 is 5.78 Å². The molecule has 1 rings (SSSR count). The fourth-order valence-corrected chi connectivity index (χ4v) is 0.804. The second-order valence-corrected chi connectivity index (χ2v) is 2.14. The van der Waals surface area contributed by atoms with Crippen molar-refractivity contribution in [2.75, 3.05) is 13.2 Å². The molecule has 1 aliphatic carbocycles. The van der Waals surface area contributed by atoms with E-state index in [4.69, 9.17) is 4.74 Å². The summed E-state index contributed by atoms with van der Waals surface area (Å²) in [5.41, 5.74) is 0. The second kappa shape index (κ2) is 3.93. The van der Waals surface area contributed by atoms with E-state index in [1.165, 1.54) is 0 Å². The van der Waals surface area contributed by atoms with Crippen LogP contribution in [0.3, 0.4) is 0 Å². The van der Waals surface area contributed by atoms with Gasteiger partial charge in [-0.25, -0.2) is 5.11 Å². The molecule has 0 aromatic carbocycles. The fourth-order valence-electron chi connectivity index (χ4n) is 0.804. The SMILES string of the molecule is [O]CCOC1=CC=CCC1=O. The molecule has 0 spiro atoms. The number of hydrogen-bond donors (Lipinski definition) is 0. The molecule has 0 saturated heterocycles. The van der Waals surface area contributed by atoms with Crippen LogP contribution >= 0.6 is 0 Å². The van der Waals surface area contributed by atoms with Gasteiger partial charge in [-0.05, 0) is 6.08 Å². The van der Waals surface area contributed by atoms with Crippen molar-refractivity contribution in [3.8, 4) is 0 Å². The molecule has 0 unspecified atom stereocenters. The predicted octanol–water partition coefficient (Wildman–Crippen LogP) is 0.846. The molecule has 0 aliphatic heterocycles. The Bertz CT molecular complexity index is 203. The standard InChI is InChI=1S/C8H9O3/c9-5-6-11-8-4-2-1-3-7(8)10/h1-2,4H,3,5-6H2. The lowest BCUT2D eigenvalue weighted by molar-refractivity contribution is -0.118. The Morgan fingerprint density at radius 2 is 2.36 bits per heavy atom. The van der Waals surface area contributed by atoms with Crippen molar-refractivity contribution in [2.45, 2.75) is 6.42 Å². The summed E-state index contributed by atoms with van der Waals surface area (Å²) in [6.07, 6.45) is 5.47. The smallest absolute Gasteiger partial charge is 0.201 e. The Balaban J connectivity index is 2.47. The van der Waals surface area contributed by atoms with Crippen LogP contribution < -0.4 is 0 Å². The minimum Gasteiger partial charge on any atom is -0.487 e. The van der Waals surface area contributed by atoms with Crippen LogP contribution in [0.2, 0.25) is 0 Å². The molecule has 1 radical (unpaired) electrons. The van der Waals surface area contributed by atoms with Crippen molar-refractivity contribution in [1.29, 1.82) is 0 Å². The van der Waals surface area contributed by atoms with Crippen molar-refractivity contribution in [3.05, 3.63) is 24.0 Å². The van der Waals surface area contributed by atoms with E-state index < -0.39 is 0 Å². The Hall–Kier alpha value is -1.09. The minimum atomic E-state index is -0.311. The van der Waals surface area contributed by atoms with Crippen molar-refractivity contribution in [3.63, 3.8) is 0 Å². The molecule has 0 fully saturated rings. The Kier molecular flexibility index (Phi) is 2.86. The van der Waals surface area contributed by atoms with Gasteiger partial charge in [0.25, 0.3) is 0 Å². The maximum Gasteiger partial charge on any atom is 0.201 e. The number of allylic oxidation sites excluding steroid dienone is 4. The van der Waals surface area contributed by atoms with Gasteiger partial charge in [-0.2, -0.15) is 0 Å². The van der Waals surface area contributed by atoms with Gasteiger partial charge in [0.15, 0.2) is 5.76 Å². The molecular formula is C8H9O3. The predicted molar refractivity (Wildman–Crippen MR) is 38.4 cm³/mol. The van der Waals surface area contributed by atoms with Crippen LogP contribution in [0.15, 0.2) is 24.0 Å². The molecule has 3 heteroatoms. The molecule has 0 bridgehead atoms. The highest BCUT2D eigenvalue weighted by molar-refractivity contribution is 5.95. The molecule has 0 atom stereocenters. The van der Waals surface area contributed by atoms with E-state index in [-0.39, 0.29) is 19.0 Å². The third-order valence-corrected chi connectivity index (χ3v) is 1.30. The summed E-state index contributed by atoms with van der Waals surface area (Å²) in [7, 11) is 0. The number of carbonyl (C=O) groups excluding carboxylic acids is 1. The molecule has 0 N–H and O–H groups in total. The van der Waals surface area contributed by atoms with Crippen LogP contribution in [0, 0.1) is 0 Å². The molecule has 0 heterocycles. The Morgan fingerprint density at radius 1 is 1.55 bits per heavy atom. The van der Waals surface area contributed by atoms with Crippen LogP contribution in [0.5, 0.6) is 0 Å². The quantitative estimate of drug-likeness (QED) is 0.603. The van der Waals surface area contributed by atoms with Crippen LogP contribution in [-0.4, -0.2) is 19.0 Å². The lowest BCUT2D eigenvalue weighted by atomic mass is 10.1. The number of hydrogen-bond acceptors (Lipinski definition) is 2. The number of Topliss-reactive ketones (excluding diaryl/α,β-unsaturated/α-hetero) is 1. The zero-order chi connectivity index (χ0) is 8.10. The van der Waals surface area contributed by atoms with Crippen molar-refractivity contribution in [1.82, 2.24) is 0 Å². The molecule has 0 aromatic heterocycles. The van der Waals surface area contributed by atoms with Gasteiger partial charge < -0.3 is 4.74 Å².